The molecule has 1 aromatic carbocycles. The van der Waals surface area contributed by atoms with E-state index in [1.54, 1.807) is 0 Å². The lowest BCUT2D eigenvalue weighted by molar-refractivity contribution is 0.147. The van der Waals surface area contributed by atoms with Crippen molar-refractivity contribution in [2.45, 2.75) is 6.04 Å². The lowest BCUT2D eigenvalue weighted by atomic mass is 10.1. The molecule has 2 nitrogen and oxygen atoms in total. The zero-order valence-electron chi connectivity index (χ0n) is 9.83. The standard InChI is InChI=1S/C12H15BrClFN2.ClH/c13-11-2-1-9(14)7-10(11)12(8-15)17-5-3-16-4-6-17;/h1-2,7,12,16H,3-6,8H2;1H/t12-;/m1./s1. The molecule has 2 rings (SSSR count). The van der Waals surface area contributed by atoms with Crippen LogP contribution in [-0.2, 0) is 0 Å². The molecule has 1 saturated heterocycles. The Morgan fingerprint density at radius 2 is 2.06 bits per heavy atom. The quantitative estimate of drug-likeness (QED) is 0.891. The Kier molecular flexibility index (Phi) is 6.88. The lowest BCUT2D eigenvalue weighted by Gasteiger charge is -2.34. The first kappa shape index (κ1) is 16.2. The van der Waals surface area contributed by atoms with Crippen LogP contribution in [0.1, 0.15) is 11.6 Å². The molecule has 1 aliphatic heterocycles. The summed E-state index contributed by atoms with van der Waals surface area (Å²) in [6.07, 6.45) is 0. The fourth-order valence-corrected chi connectivity index (χ4v) is 2.83. The van der Waals surface area contributed by atoms with Gasteiger partial charge in [0.1, 0.15) is 6.67 Å². The monoisotopic (exact) mass is 356 g/mol. The summed E-state index contributed by atoms with van der Waals surface area (Å²) in [5, 5.41) is 3.92. The van der Waals surface area contributed by atoms with Crippen LogP contribution in [0.15, 0.2) is 22.7 Å². The van der Waals surface area contributed by atoms with Gasteiger partial charge < -0.3 is 5.32 Å². The highest BCUT2D eigenvalue weighted by Gasteiger charge is 2.23. The summed E-state index contributed by atoms with van der Waals surface area (Å²) in [4.78, 5) is 2.16. The summed E-state index contributed by atoms with van der Waals surface area (Å²) < 4.78 is 14.2. The molecule has 102 valence electrons. The smallest absolute Gasteiger partial charge is 0.109 e. The number of hydrogen-bond donors (Lipinski definition) is 1. The van der Waals surface area contributed by atoms with Crippen LogP contribution in [0, 0.1) is 0 Å². The highest BCUT2D eigenvalue weighted by molar-refractivity contribution is 9.10. The van der Waals surface area contributed by atoms with Gasteiger partial charge in [0.2, 0.25) is 0 Å². The minimum atomic E-state index is -0.390. The molecule has 0 bridgehead atoms. The van der Waals surface area contributed by atoms with E-state index >= 15 is 0 Å². The molecule has 1 heterocycles. The Bertz CT molecular complexity index is 386. The molecule has 1 atom stereocenters. The van der Waals surface area contributed by atoms with Crippen LogP contribution >= 0.6 is 39.9 Å². The Labute approximate surface area is 126 Å². The second kappa shape index (κ2) is 7.65. The van der Waals surface area contributed by atoms with E-state index in [4.69, 9.17) is 11.6 Å². The zero-order valence-corrected chi connectivity index (χ0v) is 13.0. The van der Waals surface area contributed by atoms with Gasteiger partial charge in [-0.25, -0.2) is 4.39 Å². The number of rotatable bonds is 3. The minimum absolute atomic E-state index is 0. The molecule has 1 aliphatic rings. The first-order valence-corrected chi connectivity index (χ1v) is 6.85. The third-order valence-electron chi connectivity index (χ3n) is 3.06. The Hall–Kier alpha value is 0.130. The largest absolute Gasteiger partial charge is 0.314 e. The van der Waals surface area contributed by atoms with E-state index in [1.165, 1.54) is 0 Å². The molecular weight excluding hydrogens is 342 g/mol. The molecule has 0 radical (unpaired) electrons. The van der Waals surface area contributed by atoms with Gasteiger partial charge in [0.25, 0.3) is 0 Å². The van der Waals surface area contributed by atoms with Gasteiger partial charge in [-0.15, -0.1) is 12.4 Å². The number of alkyl halides is 1. The summed E-state index contributed by atoms with van der Waals surface area (Å²) in [5.74, 6) is 0. The van der Waals surface area contributed by atoms with E-state index in [-0.39, 0.29) is 25.1 Å². The third-order valence-corrected chi connectivity index (χ3v) is 4.01. The lowest BCUT2D eigenvalue weighted by Crippen LogP contribution is -2.45. The summed E-state index contributed by atoms with van der Waals surface area (Å²) >= 11 is 9.45. The number of nitrogens with zero attached hydrogens (tertiary/aromatic N) is 1. The first-order chi connectivity index (χ1) is 8.22. The van der Waals surface area contributed by atoms with Gasteiger partial charge in [0.05, 0.1) is 6.04 Å². The molecule has 0 spiro atoms. The van der Waals surface area contributed by atoms with Gasteiger partial charge in [-0.3, -0.25) is 4.90 Å². The van der Waals surface area contributed by atoms with Crippen molar-refractivity contribution >= 4 is 39.9 Å². The molecule has 1 N–H and O–H groups in total. The normalized spacial score (nSPS) is 18.2. The number of halogens is 4. The first-order valence-electron chi connectivity index (χ1n) is 5.68. The second-order valence-electron chi connectivity index (χ2n) is 4.12. The molecule has 1 fully saturated rings. The summed E-state index contributed by atoms with van der Waals surface area (Å²) in [6.45, 7) is 3.17. The van der Waals surface area contributed by atoms with Crippen LogP contribution in [0.4, 0.5) is 4.39 Å². The van der Waals surface area contributed by atoms with E-state index in [2.05, 4.69) is 26.1 Å². The van der Waals surface area contributed by atoms with Crippen LogP contribution in [0.3, 0.4) is 0 Å². The Morgan fingerprint density at radius 3 is 2.67 bits per heavy atom. The van der Waals surface area contributed by atoms with Crippen molar-refractivity contribution < 1.29 is 4.39 Å². The van der Waals surface area contributed by atoms with E-state index in [0.717, 1.165) is 36.2 Å². The Balaban J connectivity index is 0.00000162. The number of piperazine rings is 1. The number of benzene rings is 1. The van der Waals surface area contributed by atoms with Crippen molar-refractivity contribution in [2.75, 3.05) is 32.9 Å². The van der Waals surface area contributed by atoms with E-state index in [9.17, 15) is 4.39 Å². The fraction of sp³-hybridized carbons (Fsp3) is 0.500. The number of nitrogens with one attached hydrogen (secondary N) is 1. The molecular formula is C12H16BrCl2FN2. The maximum Gasteiger partial charge on any atom is 0.109 e. The van der Waals surface area contributed by atoms with Gasteiger partial charge in [-0.1, -0.05) is 27.5 Å². The van der Waals surface area contributed by atoms with Crippen molar-refractivity contribution in [1.29, 1.82) is 0 Å². The highest BCUT2D eigenvalue weighted by Crippen LogP contribution is 2.30. The second-order valence-corrected chi connectivity index (χ2v) is 5.41. The van der Waals surface area contributed by atoms with Gasteiger partial charge >= 0.3 is 0 Å². The maximum absolute atomic E-state index is 13.3. The molecule has 0 saturated carbocycles. The predicted octanol–water partition coefficient (Wildman–Crippen LogP) is 3.44. The predicted molar refractivity (Wildman–Crippen MR) is 79.6 cm³/mol. The summed E-state index contributed by atoms with van der Waals surface area (Å²) in [6, 6.07) is 5.33. The van der Waals surface area contributed by atoms with Crippen LogP contribution in [0.5, 0.6) is 0 Å². The topological polar surface area (TPSA) is 15.3 Å². The average Bonchev–Trinajstić information content (AvgIpc) is 2.36. The summed E-state index contributed by atoms with van der Waals surface area (Å²) in [7, 11) is 0. The van der Waals surface area contributed by atoms with Crippen LogP contribution in [0.25, 0.3) is 0 Å². The molecule has 0 aliphatic carbocycles. The van der Waals surface area contributed by atoms with E-state index in [1.807, 2.05) is 18.2 Å². The van der Waals surface area contributed by atoms with E-state index < -0.39 is 0 Å². The van der Waals surface area contributed by atoms with Crippen molar-refractivity contribution in [2.24, 2.45) is 0 Å². The zero-order chi connectivity index (χ0) is 12.3. The maximum atomic E-state index is 13.3. The molecule has 6 heteroatoms. The fourth-order valence-electron chi connectivity index (χ4n) is 2.14. The van der Waals surface area contributed by atoms with Crippen molar-refractivity contribution in [3.8, 4) is 0 Å². The van der Waals surface area contributed by atoms with Crippen molar-refractivity contribution in [3.63, 3.8) is 0 Å². The third kappa shape index (κ3) is 3.81. The molecule has 0 amide bonds. The average molecular weight is 358 g/mol. The highest BCUT2D eigenvalue weighted by atomic mass is 79.9. The minimum Gasteiger partial charge on any atom is -0.314 e. The number of hydrogen-bond acceptors (Lipinski definition) is 2. The van der Waals surface area contributed by atoms with Crippen LogP contribution in [0.2, 0.25) is 5.02 Å². The molecule has 0 aromatic heterocycles. The van der Waals surface area contributed by atoms with Crippen LogP contribution in [-0.4, -0.2) is 37.8 Å². The van der Waals surface area contributed by atoms with E-state index in [0.29, 0.717) is 5.02 Å². The molecule has 0 unspecified atom stereocenters. The Morgan fingerprint density at radius 1 is 1.39 bits per heavy atom. The van der Waals surface area contributed by atoms with Gasteiger partial charge in [-0.2, -0.15) is 0 Å². The molecule has 1 aromatic rings. The van der Waals surface area contributed by atoms with Crippen molar-refractivity contribution in [3.05, 3.63) is 33.3 Å². The van der Waals surface area contributed by atoms with Gasteiger partial charge in [0.15, 0.2) is 0 Å². The van der Waals surface area contributed by atoms with Gasteiger partial charge in [-0.05, 0) is 23.8 Å². The van der Waals surface area contributed by atoms with Crippen molar-refractivity contribution in [1.82, 2.24) is 10.2 Å². The van der Waals surface area contributed by atoms with Gasteiger partial charge in [0, 0.05) is 35.7 Å². The molecule has 18 heavy (non-hydrogen) atoms. The SMILES string of the molecule is Cl.FC[C@H](c1cc(Cl)ccc1Br)N1CCNCC1. The summed E-state index contributed by atoms with van der Waals surface area (Å²) in [5.41, 5.74) is 0.932. The van der Waals surface area contributed by atoms with Crippen LogP contribution < -0.4 is 5.32 Å².